The molecule has 1 aliphatic heterocycles. The van der Waals surface area contributed by atoms with E-state index in [0.29, 0.717) is 16.8 Å². The minimum absolute atomic E-state index is 0.00909. The molecule has 1 unspecified atom stereocenters. The fraction of sp³-hybridized carbons (Fsp3) is 0.167. The number of hydrogen-bond acceptors (Lipinski definition) is 3. The zero-order chi connectivity index (χ0) is 24.7. The molecule has 0 spiro atoms. The third kappa shape index (κ3) is 4.48. The van der Waals surface area contributed by atoms with Crippen molar-refractivity contribution in [3.05, 3.63) is 98.8 Å². The predicted molar refractivity (Wildman–Crippen MR) is 122 cm³/mol. The largest absolute Gasteiger partial charge is 0.435 e. The van der Waals surface area contributed by atoms with E-state index in [0.717, 1.165) is 18.2 Å². The highest BCUT2D eigenvalue weighted by Gasteiger charge is 2.62. The van der Waals surface area contributed by atoms with Gasteiger partial charge in [0.25, 0.3) is 11.5 Å². The third-order valence-corrected chi connectivity index (χ3v) is 5.89. The van der Waals surface area contributed by atoms with Crippen LogP contribution in [0.5, 0.6) is 0 Å². The molecule has 10 heteroatoms. The molecule has 176 valence electrons. The first-order chi connectivity index (χ1) is 16.0. The fourth-order valence-electron chi connectivity index (χ4n) is 3.62. The molecule has 0 aliphatic carbocycles. The van der Waals surface area contributed by atoms with Crippen molar-refractivity contribution in [2.45, 2.75) is 25.1 Å². The van der Waals surface area contributed by atoms with Crippen molar-refractivity contribution in [2.75, 3.05) is 5.32 Å². The van der Waals surface area contributed by atoms with Gasteiger partial charge in [0, 0.05) is 33.3 Å². The molecule has 3 aromatic rings. The molecular formula is C24H16Cl2F4N2O2. The lowest BCUT2D eigenvalue weighted by Crippen LogP contribution is -2.42. The molecule has 34 heavy (non-hydrogen) atoms. The molecule has 4 nitrogen and oxygen atoms in total. The Balaban J connectivity index is 1.66. The first kappa shape index (κ1) is 24.0. The van der Waals surface area contributed by atoms with Crippen LogP contribution in [-0.2, 0) is 10.4 Å². The van der Waals surface area contributed by atoms with E-state index in [1.807, 2.05) is 0 Å². The number of amides is 1. The molecule has 1 heterocycles. The number of nitrogens with zero attached hydrogens (tertiary/aromatic N) is 1. The van der Waals surface area contributed by atoms with Gasteiger partial charge < -0.3 is 10.2 Å². The van der Waals surface area contributed by atoms with Crippen molar-refractivity contribution in [3.63, 3.8) is 0 Å². The SMILES string of the molecule is Cc1ccc(C2=NOC(c3cc(Cl)cc(Cl)c3)(C(F)(F)F)C2)cc1NC(=O)c1ccccc1F. The lowest BCUT2D eigenvalue weighted by molar-refractivity contribution is -0.275. The molecule has 0 saturated carbocycles. The number of nitrogens with one attached hydrogen (secondary N) is 1. The van der Waals surface area contributed by atoms with E-state index in [1.165, 1.54) is 30.3 Å². The second kappa shape index (κ2) is 8.92. The third-order valence-electron chi connectivity index (χ3n) is 5.45. The summed E-state index contributed by atoms with van der Waals surface area (Å²) in [5, 5.41) is 6.37. The summed E-state index contributed by atoms with van der Waals surface area (Å²) < 4.78 is 56.6. The van der Waals surface area contributed by atoms with E-state index >= 15 is 0 Å². The van der Waals surface area contributed by atoms with E-state index in [2.05, 4.69) is 10.5 Å². The number of oxime groups is 1. The van der Waals surface area contributed by atoms with Crippen LogP contribution in [0.15, 0.2) is 65.8 Å². The molecule has 3 aromatic carbocycles. The number of aryl methyl sites for hydroxylation is 1. The van der Waals surface area contributed by atoms with Crippen LogP contribution in [0.4, 0.5) is 23.2 Å². The number of alkyl halides is 3. The monoisotopic (exact) mass is 510 g/mol. The van der Waals surface area contributed by atoms with Gasteiger partial charge in [0.15, 0.2) is 0 Å². The molecule has 1 aliphatic rings. The zero-order valence-electron chi connectivity index (χ0n) is 17.5. The van der Waals surface area contributed by atoms with Gasteiger partial charge in [-0.1, -0.05) is 52.6 Å². The number of hydrogen-bond donors (Lipinski definition) is 1. The molecule has 0 aromatic heterocycles. The minimum Gasteiger partial charge on any atom is -0.374 e. The van der Waals surface area contributed by atoms with Crippen molar-refractivity contribution in [3.8, 4) is 0 Å². The highest BCUT2D eigenvalue weighted by atomic mass is 35.5. The smallest absolute Gasteiger partial charge is 0.374 e. The lowest BCUT2D eigenvalue weighted by Gasteiger charge is -2.29. The second-order valence-corrected chi connectivity index (χ2v) is 8.63. The molecule has 1 amide bonds. The van der Waals surface area contributed by atoms with Crippen molar-refractivity contribution in [2.24, 2.45) is 5.16 Å². The van der Waals surface area contributed by atoms with E-state index in [-0.39, 0.29) is 26.9 Å². The highest BCUT2D eigenvalue weighted by molar-refractivity contribution is 6.34. The molecule has 1 N–H and O–H groups in total. The van der Waals surface area contributed by atoms with Gasteiger partial charge in [-0.25, -0.2) is 4.39 Å². The molecule has 4 rings (SSSR count). The van der Waals surface area contributed by atoms with Gasteiger partial charge >= 0.3 is 6.18 Å². The topological polar surface area (TPSA) is 50.7 Å². The number of carbonyl (C=O) groups excluding carboxylic acids is 1. The van der Waals surface area contributed by atoms with Gasteiger partial charge in [-0.2, -0.15) is 13.2 Å². The summed E-state index contributed by atoms with van der Waals surface area (Å²) in [4.78, 5) is 17.5. The van der Waals surface area contributed by atoms with Gasteiger partial charge in [-0.05, 0) is 48.9 Å². The van der Waals surface area contributed by atoms with Gasteiger partial charge in [-0.3, -0.25) is 4.79 Å². The summed E-state index contributed by atoms with van der Waals surface area (Å²) in [7, 11) is 0. The number of rotatable bonds is 4. The highest BCUT2D eigenvalue weighted by Crippen LogP contribution is 2.49. The Hall–Kier alpha value is -3.10. The van der Waals surface area contributed by atoms with Crippen molar-refractivity contribution < 1.29 is 27.2 Å². The Morgan fingerprint density at radius 3 is 2.38 bits per heavy atom. The van der Waals surface area contributed by atoms with E-state index < -0.39 is 29.9 Å². The second-order valence-electron chi connectivity index (χ2n) is 7.75. The molecule has 0 fully saturated rings. The van der Waals surface area contributed by atoms with Crippen LogP contribution < -0.4 is 5.32 Å². The van der Waals surface area contributed by atoms with E-state index in [1.54, 1.807) is 19.1 Å². The fourth-order valence-corrected chi connectivity index (χ4v) is 4.14. The predicted octanol–water partition coefficient (Wildman–Crippen LogP) is 7.28. The average molecular weight is 511 g/mol. The Bertz CT molecular complexity index is 1290. The van der Waals surface area contributed by atoms with Crippen LogP contribution in [0.25, 0.3) is 0 Å². The Morgan fingerprint density at radius 2 is 1.74 bits per heavy atom. The van der Waals surface area contributed by atoms with Gasteiger partial charge in [0.1, 0.15) is 5.82 Å². The van der Waals surface area contributed by atoms with Crippen LogP contribution in [0, 0.1) is 12.7 Å². The molecule has 0 bridgehead atoms. The quantitative estimate of drug-likeness (QED) is 0.375. The van der Waals surface area contributed by atoms with E-state index in [4.69, 9.17) is 28.0 Å². The van der Waals surface area contributed by atoms with Crippen molar-refractivity contribution in [1.29, 1.82) is 0 Å². The maximum absolute atomic E-state index is 14.2. The van der Waals surface area contributed by atoms with Crippen LogP contribution in [-0.4, -0.2) is 17.8 Å². The molecule has 1 atom stereocenters. The van der Waals surface area contributed by atoms with Crippen LogP contribution >= 0.6 is 23.2 Å². The molecule has 0 radical (unpaired) electrons. The first-order valence-electron chi connectivity index (χ1n) is 9.95. The summed E-state index contributed by atoms with van der Waals surface area (Å²) in [5.41, 5.74) is -2.00. The number of carbonyl (C=O) groups is 1. The summed E-state index contributed by atoms with van der Waals surface area (Å²) in [6, 6.07) is 13.7. The summed E-state index contributed by atoms with van der Waals surface area (Å²) in [5.74, 6) is -1.39. The standard InChI is InChI=1S/C24H16Cl2F4N2O2/c1-13-6-7-14(8-20(13)31-22(33)18-4-2-3-5-19(18)27)21-12-23(34-32-21,24(28,29)30)15-9-16(25)11-17(26)10-15/h2-11H,12H2,1H3,(H,31,33). The Kier molecular flexibility index (Phi) is 6.31. The van der Waals surface area contributed by atoms with Gasteiger partial charge in [-0.15, -0.1) is 0 Å². The Morgan fingerprint density at radius 1 is 1.06 bits per heavy atom. The van der Waals surface area contributed by atoms with Crippen LogP contribution in [0.3, 0.4) is 0 Å². The maximum Gasteiger partial charge on any atom is 0.435 e. The van der Waals surface area contributed by atoms with E-state index in [9.17, 15) is 22.4 Å². The Labute approximate surface area is 202 Å². The van der Waals surface area contributed by atoms with Crippen molar-refractivity contribution >= 4 is 40.5 Å². The first-order valence-corrected chi connectivity index (χ1v) is 10.7. The van der Waals surface area contributed by atoms with Crippen LogP contribution in [0.1, 0.15) is 33.5 Å². The summed E-state index contributed by atoms with van der Waals surface area (Å²) in [6.07, 6.45) is -5.48. The maximum atomic E-state index is 14.2. The zero-order valence-corrected chi connectivity index (χ0v) is 19.0. The van der Waals surface area contributed by atoms with Gasteiger partial charge in [0.2, 0.25) is 0 Å². The van der Waals surface area contributed by atoms with Gasteiger partial charge in [0.05, 0.1) is 11.3 Å². The summed E-state index contributed by atoms with van der Waals surface area (Å²) >= 11 is 11.9. The summed E-state index contributed by atoms with van der Waals surface area (Å²) in [6.45, 7) is 1.70. The number of benzene rings is 3. The minimum atomic E-state index is -4.83. The number of halogens is 6. The van der Waals surface area contributed by atoms with Crippen molar-refractivity contribution in [1.82, 2.24) is 0 Å². The lowest BCUT2D eigenvalue weighted by atomic mass is 9.86. The number of anilines is 1. The normalized spacial score (nSPS) is 17.8. The molecule has 0 saturated heterocycles. The van der Waals surface area contributed by atoms with Crippen LogP contribution in [0.2, 0.25) is 10.0 Å². The molecular weight excluding hydrogens is 495 g/mol. The average Bonchev–Trinajstić information content (AvgIpc) is 3.22.